The highest BCUT2D eigenvalue weighted by molar-refractivity contribution is 5.90. The molecule has 0 bridgehead atoms. The van der Waals surface area contributed by atoms with Gasteiger partial charge < -0.3 is 39.4 Å². The molecule has 0 heterocycles. The van der Waals surface area contributed by atoms with Gasteiger partial charge in [0.15, 0.2) is 23.0 Å². The van der Waals surface area contributed by atoms with E-state index >= 15 is 0 Å². The summed E-state index contributed by atoms with van der Waals surface area (Å²) in [5, 5.41) is 16.3. The number of esters is 1. The Morgan fingerprint density at radius 3 is 1.31 bits per heavy atom. The molecule has 0 saturated heterocycles. The molecule has 7 aromatic carbocycles. The van der Waals surface area contributed by atoms with E-state index in [4.69, 9.17) is 23.7 Å². The van der Waals surface area contributed by atoms with Gasteiger partial charge in [-0.3, -0.25) is 4.79 Å². The Hall–Kier alpha value is -8.05. The van der Waals surface area contributed by atoms with Gasteiger partial charge in [-0.2, -0.15) is 0 Å². The summed E-state index contributed by atoms with van der Waals surface area (Å²) in [5.41, 5.74) is 5.54. The first kappa shape index (κ1) is 45.0. The number of ether oxygens (including phenoxy) is 5. The maximum absolute atomic E-state index is 14.5. The maximum atomic E-state index is 14.5. The Morgan fingerprint density at radius 2 is 0.800 bits per heavy atom. The quantitative estimate of drug-likeness (QED) is 0.0603. The number of alkyl carbamates (subject to hydrolysis) is 1. The van der Waals surface area contributed by atoms with Crippen molar-refractivity contribution >= 4 is 18.0 Å². The summed E-state index contributed by atoms with van der Waals surface area (Å²) < 4.78 is 29.8. The Kier molecular flexibility index (Phi) is 16.2. The van der Waals surface area contributed by atoms with E-state index < -0.39 is 30.1 Å². The van der Waals surface area contributed by atoms with Gasteiger partial charge in [-0.25, -0.2) is 9.59 Å². The first-order valence-corrected chi connectivity index (χ1v) is 21.3. The first-order chi connectivity index (χ1) is 31.8. The predicted octanol–water partition coefficient (Wildman–Crippen LogP) is 9.44. The van der Waals surface area contributed by atoms with Crippen molar-refractivity contribution in [2.45, 2.75) is 58.0 Å². The second-order valence-electron chi connectivity index (χ2n) is 15.2. The monoisotopic (exact) mass is 870 g/mol. The average Bonchev–Trinajstić information content (AvgIpc) is 3.35. The lowest BCUT2D eigenvalue weighted by Gasteiger charge is -2.23. The van der Waals surface area contributed by atoms with Gasteiger partial charge in [0.05, 0.1) is 0 Å². The van der Waals surface area contributed by atoms with Gasteiger partial charge in [-0.15, -0.1) is 0 Å². The third-order valence-electron chi connectivity index (χ3n) is 10.3. The number of nitrogens with one attached hydrogen (secondary N) is 2. The van der Waals surface area contributed by atoms with E-state index in [2.05, 4.69) is 10.6 Å². The van der Waals surface area contributed by atoms with Crippen LogP contribution in [0.1, 0.15) is 38.9 Å². The van der Waals surface area contributed by atoms with Crippen LogP contribution >= 0.6 is 0 Å². The molecule has 3 N–H and O–H groups in total. The highest BCUT2D eigenvalue weighted by atomic mass is 16.6. The number of phenols is 1. The van der Waals surface area contributed by atoms with Crippen molar-refractivity contribution in [2.75, 3.05) is 0 Å². The van der Waals surface area contributed by atoms with Gasteiger partial charge in [0.2, 0.25) is 5.91 Å². The summed E-state index contributed by atoms with van der Waals surface area (Å²) in [5.74, 6) is -0.321. The van der Waals surface area contributed by atoms with E-state index in [1.54, 1.807) is 30.3 Å². The van der Waals surface area contributed by atoms with Crippen molar-refractivity contribution in [3.63, 3.8) is 0 Å². The molecule has 7 rings (SSSR count). The molecule has 0 saturated carbocycles. The van der Waals surface area contributed by atoms with Crippen molar-refractivity contribution in [2.24, 2.45) is 0 Å². The molecule has 0 unspecified atom stereocenters. The highest BCUT2D eigenvalue weighted by Crippen LogP contribution is 2.31. The predicted molar refractivity (Wildman–Crippen MR) is 246 cm³/mol. The van der Waals surface area contributed by atoms with Crippen LogP contribution in [0.4, 0.5) is 4.79 Å². The van der Waals surface area contributed by atoms with Crippen LogP contribution in [-0.4, -0.2) is 35.2 Å². The average molecular weight is 871 g/mol. The zero-order chi connectivity index (χ0) is 45.1. The van der Waals surface area contributed by atoms with E-state index in [1.807, 2.05) is 152 Å². The number of carbonyl (C=O) groups is 3. The number of hydrogen-bond acceptors (Lipinski definition) is 9. The zero-order valence-corrected chi connectivity index (χ0v) is 35.7. The van der Waals surface area contributed by atoms with Crippen LogP contribution in [-0.2, 0) is 64.9 Å². The molecule has 0 spiro atoms. The number of phenolic OH excluding ortho intramolecular Hbond substituents is 1. The fourth-order valence-corrected chi connectivity index (χ4v) is 6.80. The molecule has 0 aliphatic rings. The Morgan fingerprint density at radius 1 is 0.400 bits per heavy atom. The molecule has 11 heteroatoms. The normalized spacial score (nSPS) is 11.6. The van der Waals surface area contributed by atoms with Crippen LogP contribution in [0.2, 0.25) is 0 Å². The number of benzene rings is 7. The standard InChI is InChI=1S/C54H50N2O9/c57-48-28-26-44(32-50(48)62-35-40-18-8-2-9-19-40)31-47(53(59)64-37-42-22-12-4-13-23-42)55-52(58)46(56-54(60)65-38-43-24-14-5-15-25-43)30-45-27-29-49(61-34-39-16-6-1-7-17-39)51(33-45)63-36-41-20-10-3-11-21-41/h1-29,32-33,46-47,57H,30-31,34-38H2,(H,55,58)(H,56,60)/t46-,47-/m0/s1. The van der Waals surface area contributed by atoms with Gasteiger partial charge in [0.1, 0.15) is 45.1 Å². The third kappa shape index (κ3) is 14.2. The summed E-state index contributed by atoms with van der Waals surface area (Å²) in [6.45, 7) is 0.680. The molecule has 11 nitrogen and oxygen atoms in total. The minimum atomic E-state index is -1.23. The van der Waals surface area contributed by atoms with Crippen molar-refractivity contribution in [1.82, 2.24) is 10.6 Å². The van der Waals surface area contributed by atoms with Crippen LogP contribution in [0.25, 0.3) is 0 Å². The Balaban J connectivity index is 1.14. The van der Waals surface area contributed by atoms with E-state index in [9.17, 15) is 19.5 Å². The molecular weight excluding hydrogens is 821 g/mol. The number of hydrogen-bond donors (Lipinski definition) is 3. The van der Waals surface area contributed by atoms with Gasteiger partial charge in [0, 0.05) is 12.8 Å². The number of amides is 2. The smallest absolute Gasteiger partial charge is 0.408 e. The molecule has 7 aromatic rings. The lowest BCUT2D eigenvalue weighted by molar-refractivity contribution is -0.149. The molecule has 0 aromatic heterocycles. The van der Waals surface area contributed by atoms with Gasteiger partial charge >= 0.3 is 12.1 Å². The molecule has 0 radical (unpaired) electrons. The van der Waals surface area contributed by atoms with Crippen molar-refractivity contribution < 1.29 is 43.2 Å². The molecule has 2 amide bonds. The van der Waals surface area contributed by atoms with E-state index in [0.717, 1.165) is 27.8 Å². The highest BCUT2D eigenvalue weighted by Gasteiger charge is 2.30. The van der Waals surface area contributed by atoms with Crippen LogP contribution in [0.5, 0.6) is 23.0 Å². The second-order valence-corrected chi connectivity index (χ2v) is 15.2. The lowest BCUT2D eigenvalue weighted by atomic mass is 10.0. The summed E-state index contributed by atoms with van der Waals surface area (Å²) in [6, 6.07) is 54.9. The van der Waals surface area contributed by atoms with E-state index in [0.29, 0.717) is 29.2 Å². The van der Waals surface area contributed by atoms with E-state index in [1.165, 1.54) is 6.07 Å². The summed E-state index contributed by atoms with van der Waals surface area (Å²) in [6.07, 6.45) is -0.883. The van der Waals surface area contributed by atoms with Crippen LogP contribution in [0.3, 0.4) is 0 Å². The number of rotatable bonds is 21. The molecular formula is C54H50N2O9. The van der Waals surface area contributed by atoms with Gasteiger partial charge in [0.25, 0.3) is 0 Å². The summed E-state index contributed by atoms with van der Waals surface area (Å²) >= 11 is 0. The van der Waals surface area contributed by atoms with Gasteiger partial charge in [-0.1, -0.05) is 164 Å². The van der Waals surface area contributed by atoms with Gasteiger partial charge in [-0.05, 0) is 63.2 Å². The molecule has 0 aliphatic heterocycles. The minimum Gasteiger partial charge on any atom is -0.504 e. The van der Waals surface area contributed by atoms with Crippen molar-refractivity contribution in [3.8, 4) is 23.0 Å². The number of carbonyl (C=O) groups excluding carboxylic acids is 3. The fourth-order valence-electron chi connectivity index (χ4n) is 6.80. The molecule has 2 atom stereocenters. The van der Waals surface area contributed by atoms with Crippen molar-refractivity contribution in [1.29, 1.82) is 0 Å². The van der Waals surface area contributed by atoms with Crippen molar-refractivity contribution in [3.05, 3.63) is 227 Å². The van der Waals surface area contributed by atoms with Crippen LogP contribution in [0, 0.1) is 0 Å². The van der Waals surface area contributed by atoms with Crippen LogP contribution in [0.15, 0.2) is 188 Å². The van der Waals surface area contributed by atoms with Crippen LogP contribution < -0.4 is 24.8 Å². The summed E-state index contributed by atoms with van der Waals surface area (Å²) in [4.78, 5) is 41.9. The molecule has 0 aliphatic carbocycles. The topological polar surface area (TPSA) is 142 Å². The Bertz CT molecular complexity index is 2580. The number of aromatic hydroxyl groups is 1. The minimum absolute atomic E-state index is 0.0185. The zero-order valence-electron chi connectivity index (χ0n) is 35.7. The fraction of sp³-hybridized carbons (Fsp3) is 0.167. The summed E-state index contributed by atoms with van der Waals surface area (Å²) in [7, 11) is 0. The Labute approximate surface area is 378 Å². The molecule has 330 valence electrons. The van der Waals surface area contributed by atoms with E-state index in [-0.39, 0.29) is 50.8 Å². The lowest BCUT2D eigenvalue weighted by Crippen LogP contribution is -2.53. The maximum Gasteiger partial charge on any atom is 0.408 e. The molecule has 65 heavy (non-hydrogen) atoms. The third-order valence-corrected chi connectivity index (χ3v) is 10.3. The molecule has 0 fully saturated rings. The largest absolute Gasteiger partial charge is 0.504 e. The second kappa shape index (κ2) is 23.4. The SMILES string of the molecule is O=C(N[C@@H](Cc1ccc(OCc2ccccc2)c(OCc2ccccc2)c1)C(=O)N[C@@H](Cc1ccc(O)c(OCc2ccccc2)c1)C(=O)OCc1ccccc1)OCc1ccccc1. The first-order valence-electron chi connectivity index (χ1n) is 21.3.